The summed E-state index contributed by atoms with van der Waals surface area (Å²) in [6.45, 7) is 11.1. The topological polar surface area (TPSA) is 32.5 Å². The number of hydrogen-bond donors (Lipinski definition) is 1. The number of likely N-dealkylation sites (N-methyl/N-ethyl adjacent to an activating group) is 2. The van der Waals surface area contributed by atoms with Crippen molar-refractivity contribution < 1.29 is 0 Å². The Hall–Kier alpha value is -0.120. The smallest absolute Gasteiger partial charge is 0.0297 e. The lowest BCUT2D eigenvalue weighted by atomic mass is 10.3. The number of nitrogens with zero attached hydrogens (tertiary/aromatic N) is 2. The largest absolute Gasteiger partial charge is 0.325 e. The third kappa shape index (κ3) is 2.73. The van der Waals surface area contributed by atoms with Gasteiger partial charge in [-0.05, 0) is 13.1 Å². The van der Waals surface area contributed by atoms with Gasteiger partial charge in [0.2, 0.25) is 0 Å². The summed E-state index contributed by atoms with van der Waals surface area (Å²) in [5, 5.41) is 0. The highest BCUT2D eigenvalue weighted by Gasteiger charge is 2.17. The molecule has 1 rings (SSSR count). The van der Waals surface area contributed by atoms with E-state index in [1.807, 2.05) is 0 Å². The molecule has 0 amide bonds. The Morgan fingerprint density at radius 1 is 1.08 bits per heavy atom. The Kier molecular flexibility index (Phi) is 3.98. The molecule has 0 radical (unpaired) electrons. The zero-order chi connectivity index (χ0) is 8.97. The van der Waals surface area contributed by atoms with Gasteiger partial charge >= 0.3 is 0 Å². The zero-order valence-electron chi connectivity index (χ0n) is 8.29. The van der Waals surface area contributed by atoms with Crippen molar-refractivity contribution >= 4 is 0 Å². The van der Waals surface area contributed by atoms with Crippen LogP contribution in [0.15, 0.2) is 0 Å². The molecule has 0 aromatic carbocycles. The van der Waals surface area contributed by atoms with Gasteiger partial charge < -0.3 is 15.5 Å². The van der Waals surface area contributed by atoms with E-state index < -0.39 is 0 Å². The molecule has 0 aromatic rings. The monoisotopic (exact) mass is 171 g/mol. The molecule has 1 aliphatic rings. The lowest BCUT2D eigenvalue weighted by Gasteiger charge is -2.19. The molecule has 0 saturated carbocycles. The van der Waals surface area contributed by atoms with Crippen LogP contribution in [0.2, 0.25) is 0 Å². The van der Waals surface area contributed by atoms with E-state index in [0.717, 1.165) is 26.2 Å². The summed E-state index contributed by atoms with van der Waals surface area (Å²) in [7, 11) is 0. The van der Waals surface area contributed by atoms with Crippen molar-refractivity contribution in [2.45, 2.75) is 19.9 Å². The summed E-state index contributed by atoms with van der Waals surface area (Å²) in [6, 6.07) is 0.340. The van der Waals surface area contributed by atoms with E-state index in [1.165, 1.54) is 13.1 Å². The minimum Gasteiger partial charge on any atom is -0.325 e. The van der Waals surface area contributed by atoms with Crippen LogP contribution >= 0.6 is 0 Å². The van der Waals surface area contributed by atoms with Gasteiger partial charge in [-0.2, -0.15) is 0 Å². The average molecular weight is 171 g/mol. The second-order valence-corrected chi connectivity index (χ2v) is 3.55. The van der Waals surface area contributed by atoms with Crippen molar-refractivity contribution in [3.63, 3.8) is 0 Å². The molecular weight excluding hydrogens is 150 g/mol. The third-order valence-electron chi connectivity index (χ3n) is 2.61. The Balaban J connectivity index is 2.41. The van der Waals surface area contributed by atoms with Crippen LogP contribution in [0.1, 0.15) is 13.8 Å². The molecule has 0 spiro atoms. The van der Waals surface area contributed by atoms with Crippen LogP contribution in [-0.4, -0.2) is 55.1 Å². The zero-order valence-corrected chi connectivity index (χ0v) is 8.29. The number of hydrogen-bond acceptors (Lipinski definition) is 3. The van der Waals surface area contributed by atoms with E-state index in [9.17, 15) is 0 Å². The molecule has 1 heterocycles. The summed E-state index contributed by atoms with van der Waals surface area (Å²) < 4.78 is 0. The number of nitrogens with two attached hydrogens (primary N) is 1. The lowest BCUT2D eigenvalue weighted by molar-refractivity contribution is 0.271. The lowest BCUT2D eigenvalue weighted by Crippen LogP contribution is -2.39. The summed E-state index contributed by atoms with van der Waals surface area (Å²) in [5.74, 6) is 0. The van der Waals surface area contributed by atoms with Crippen molar-refractivity contribution in [1.29, 1.82) is 0 Å². The van der Waals surface area contributed by atoms with E-state index in [0.29, 0.717) is 6.04 Å². The maximum absolute atomic E-state index is 5.98. The molecule has 0 atom stereocenters. The molecule has 3 heteroatoms. The molecule has 12 heavy (non-hydrogen) atoms. The summed E-state index contributed by atoms with van der Waals surface area (Å²) in [5.41, 5.74) is 5.98. The van der Waals surface area contributed by atoms with Crippen molar-refractivity contribution in [1.82, 2.24) is 9.80 Å². The Bertz CT molecular complexity index is 113. The van der Waals surface area contributed by atoms with Crippen LogP contribution in [0, 0.1) is 0 Å². The Morgan fingerprint density at radius 3 is 1.83 bits per heavy atom. The highest BCUT2D eigenvalue weighted by Crippen LogP contribution is 2.01. The van der Waals surface area contributed by atoms with Crippen LogP contribution in [0.5, 0.6) is 0 Å². The van der Waals surface area contributed by atoms with Gasteiger partial charge in [-0.3, -0.25) is 0 Å². The van der Waals surface area contributed by atoms with Crippen molar-refractivity contribution in [3.8, 4) is 0 Å². The predicted molar refractivity (Wildman–Crippen MR) is 52.2 cm³/mol. The van der Waals surface area contributed by atoms with Gasteiger partial charge in [0.25, 0.3) is 0 Å². The van der Waals surface area contributed by atoms with Gasteiger partial charge in [0, 0.05) is 32.2 Å². The second kappa shape index (κ2) is 4.80. The van der Waals surface area contributed by atoms with Gasteiger partial charge in [-0.15, -0.1) is 0 Å². The first kappa shape index (κ1) is 9.96. The summed E-state index contributed by atoms with van der Waals surface area (Å²) in [6.07, 6.45) is 0. The van der Waals surface area contributed by atoms with Crippen LogP contribution in [-0.2, 0) is 0 Å². The molecule has 72 valence electrons. The average Bonchev–Trinajstić information content (AvgIpc) is 2.26. The summed E-state index contributed by atoms with van der Waals surface area (Å²) >= 11 is 0. The normalized spacial score (nSPS) is 24.2. The molecule has 2 N–H and O–H groups in total. The number of rotatable bonds is 2. The first-order valence-electron chi connectivity index (χ1n) is 4.96. The van der Waals surface area contributed by atoms with E-state index in [2.05, 4.69) is 23.6 Å². The Morgan fingerprint density at radius 2 is 1.50 bits per heavy atom. The van der Waals surface area contributed by atoms with Gasteiger partial charge in [0.1, 0.15) is 0 Å². The molecule has 0 bridgehead atoms. The maximum Gasteiger partial charge on any atom is 0.0297 e. The third-order valence-corrected chi connectivity index (χ3v) is 2.61. The standard InChI is InChI=1S/C9H21N3/c1-3-11-5-6-12(4-2)8-9(10)7-11/h9H,3-8,10H2,1-2H3. The first-order chi connectivity index (χ1) is 5.76. The maximum atomic E-state index is 5.98. The van der Waals surface area contributed by atoms with Crippen LogP contribution in [0.4, 0.5) is 0 Å². The molecule has 3 nitrogen and oxygen atoms in total. The summed E-state index contributed by atoms with van der Waals surface area (Å²) in [4.78, 5) is 4.86. The molecule has 0 unspecified atom stereocenters. The molecule has 1 saturated heterocycles. The van der Waals surface area contributed by atoms with Crippen molar-refractivity contribution in [2.24, 2.45) is 5.73 Å². The van der Waals surface area contributed by atoms with E-state index in [-0.39, 0.29) is 0 Å². The second-order valence-electron chi connectivity index (χ2n) is 3.55. The quantitative estimate of drug-likeness (QED) is 0.633. The SMILES string of the molecule is CCN1CCN(CC)CC(N)C1. The molecule has 1 aliphatic heterocycles. The molecular formula is C9H21N3. The highest BCUT2D eigenvalue weighted by atomic mass is 15.2. The fraction of sp³-hybridized carbons (Fsp3) is 1.00. The van der Waals surface area contributed by atoms with Gasteiger partial charge in [0.15, 0.2) is 0 Å². The fourth-order valence-corrected chi connectivity index (χ4v) is 1.76. The van der Waals surface area contributed by atoms with Crippen LogP contribution in [0.3, 0.4) is 0 Å². The molecule has 0 aliphatic carbocycles. The Labute approximate surface area is 75.5 Å². The molecule has 1 fully saturated rings. The van der Waals surface area contributed by atoms with Crippen molar-refractivity contribution in [3.05, 3.63) is 0 Å². The predicted octanol–water partition coefficient (Wildman–Crippen LogP) is -0.0289. The highest BCUT2D eigenvalue weighted by molar-refractivity contribution is 4.77. The van der Waals surface area contributed by atoms with E-state index in [1.54, 1.807) is 0 Å². The van der Waals surface area contributed by atoms with Gasteiger partial charge in [-0.1, -0.05) is 13.8 Å². The minimum atomic E-state index is 0.340. The fourth-order valence-electron chi connectivity index (χ4n) is 1.76. The van der Waals surface area contributed by atoms with Crippen molar-refractivity contribution in [2.75, 3.05) is 39.3 Å². The molecule has 0 aromatic heterocycles. The van der Waals surface area contributed by atoms with Gasteiger partial charge in [0.05, 0.1) is 0 Å². The van der Waals surface area contributed by atoms with E-state index in [4.69, 9.17) is 5.73 Å². The minimum absolute atomic E-state index is 0.340. The van der Waals surface area contributed by atoms with Gasteiger partial charge in [-0.25, -0.2) is 0 Å². The van der Waals surface area contributed by atoms with Crippen LogP contribution < -0.4 is 5.73 Å². The van der Waals surface area contributed by atoms with Crippen LogP contribution in [0.25, 0.3) is 0 Å². The first-order valence-corrected chi connectivity index (χ1v) is 4.96. The van der Waals surface area contributed by atoms with E-state index >= 15 is 0 Å².